The number of amidine groups is 1. The first-order valence-corrected chi connectivity index (χ1v) is 6.51. The molecule has 2 rings (SSSR count). The molecule has 6 heteroatoms. The van der Waals surface area contributed by atoms with Gasteiger partial charge in [0.1, 0.15) is 11.3 Å². The van der Waals surface area contributed by atoms with Crippen LogP contribution in [0.25, 0.3) is 0 Å². The summed E-state index contributed by atoms with van der Waals surface area (Å²) in [6.45, 7) is 5.61. The standard InChI is InChI=1S/C14H19N3O3/c1-14(2,3)20-13(19)17-8-10(9-18)16-12(17)11-6-4-5-7-15-11/h4-7,10,18H,8-9H2,1-3H3/t10-/m0/s1. The Morgan fingerprint density at radius 1 is 1.50 bits per heavy atom. The third kappa shape index (κ3) is 3.33. The number of carbonyl (C=O) groups excluding carboxylic acids is 1. The van der Waals surface area contributed by atoms with E-state index in [2.05, 4.69) is 9.98 Å². The molecule has 0 bridgehead atoms. The maximum Gasteiger partial charge on any atom is 0.416 e. The maximum atomic E-state index is 12.2. The van der Waals surface area contributed by atoms with E-state index in [9.17, 15) is 9.90 Å². The Hall–Kier alpha value is -1.95. The lowest BCUT2D eigenvalue weighted by atomic mass is 10.2. The number of hydrogen-bond donors (Lipinski definition) is 1. The van der Waals surface area contributed by atoms with Gasteiger partial charge < -0.3 is 9.84 Å². The van der Waals surface area contributed by atoms with Crippen LogP contribution < -0.4 is 0 Å². The first-order valence-electron chi connectivity index (χ1n) is 6.51. The van der Waals surface area contributed by atoms with Crippen LogP contribution in [0.5, 0.6) is 0 Å². The average Bonchev–Trinajstić information content (AvgIpc) is 2.82. The largest absolute Gasteiger partial charge is 0.443 e. The number of aliphatic imine (C=N–C) groups is 1. The Balaban J connectivity index is 2.24. The summed E-state index contributed by atoms with van der Waals surface area (Å²) in [6.07, 6.45) is 1.16. The van der Waals surface area contributed by atoms with Crippen molar-refractivity contribution in [2.45, 2.75) is 32.4 Å². The molecule has 0 saturated heterocycles. The highest BCUT2D eigenvalue weighted by atomic mass is 16.6. The van der Waals surface area contributed by atoms with E-state index in [4.69, 9.17) is 4.74 Å². The van der Waals surface area contributed by atoms with Crippen LogP contribution in [0.1, 0.15) is 26.5 Å². The van der Waals surface area contributed by atoms with Crippen LogP contribution in [0.2, 0.25) is 0 Å². The van der Waals surface area contributed by atoms with Gasteiger partial charge in [-0.15, -0.1) is 0 Å². The molecule has 0 unspecified atom stereocenters. The van der Waals surface area contributed by atoms with Crippen molar-refractivity contribution in [2.75, 3.05) is 13.2 Å². The van der Waals surface area contributed by atoms with Gasteiger partial charge in [-0.1, -0.05) is 6.07 Å². The number of nitrogens with zero attached hydrogens (tertiary/aromatic N) is 3. The number of amides is 1. The van der Waals surface area contributed by atoms with Crippen molar-refractivity contribution < 1.29 is 14.6 Å². The molecule has 0 fully saturated rings. The summed E-state index contributed by atoms with van der Waals surface area (Å²) in [7, 11) is 0. The van der Waals surface area contributed by atoms with Crippen molar-refractivity contribution in [3.05, 3.63) is 30.1 Å². The van der Waals surface area contributed by atoms with Gasteiger partial charge in [0, 0.05) is 6.20 Å². The quantitative estimate of drug-likeness (QED) is 0.887. The third-order valence-electron chi connectivity index (χ3n) is 2.67. The number of aromatic nitrogens is 1. The fourth-order valence-corrected chi connectivity index (χ4v) is 1.86. The van der Waals surface area contributed by atoms with Gasteiger partial charge in [0.05, 0.1) is 19.2 Å². The third-order valence-corrected chi connectivity index (χ3v) is 2.67. The first kappa shape index (κ1) is 14.5. The zero-order chi connectivity index (χ0) is 14.8. The van der Waals surface area contributed by atoms with Gasteiger partial charge in [0.25, 0.3) is 0 Å². The summed E-state index contributed by atoms with van der Waals surface area (Å²) in [5.41, 5.74) is 0.0122. The molecular weight excluding hydrogens is 258 g/mol. The second-order valence-electron chi connectivity index (χ2n) is 5.60. The van der Waals surface area contributed by atoms with Crippen molar-refractivity contribution in [1.82, 2.24) is 9.88 Å². The molecule has 1 amide bonds. The second kappa shape index (κ2) is 5.58. The number of carbonyl (C=O) groups is 1. The van der Waals surface area contributed by atoms with Gasteiger partial charge in [-0.25, -0.2) is 4.79 Å². The van der Waals surface area contributed by atoms with E-state index in [-0.39, 0.29) is 12.6 Å². The van der Waals surface area contributed by atoms with Crippen LogP contribution in [0, 0.1) is 0 Å². The Morgan fingerprint density at radius 3 is 2.80 bits per heavy atom. The lowest BCUT2D eigenvalue weighted by Crippen LogP contribution is -2.40. The maximum absolute atomic E-state index is 12.2. The summed E-state index contributed by atoms with van der Waals surface area (Å²) < 4.78 is 5.36. The summed E-state index contributed by atoms with van der Waals surface area (Å²) in [6, 6.07) is 5.06. The molecule has 2 heterocycles. The lowest BCUT2D eigenvalue weighted by Gasteiger charge is -2.25. The average molecular weight is 277 g/mol. The number of pyridine rings is 1. The molecule has 0 spiro atoms. The highest BCUT2D eigenvalue weighted by molar-refractivity contribution is 6.06. The highest BCUT2D eigenvalue weighted by Gasteiger charge is 2.34. The fourth-order valence-electron chi connectivity index (χ4n) is 1.86. The molecule has 0 aromatic carbocycles. The van der Waals surface area contributed by atoms with Crippen LogP contribution in [0.4, 0.5) is 4.79 Å². The minimum absolute atomic E-state index is 0.115. The summed E-state index contributed by atoms with van der Waals surface area (Å²) in [5.74, 6) is 0.443. The number of rotatable bonds is 2. The van der Waals surface area contributed by atoms with Gasteiger partial charge in [0.2, 0.25) is 0 Å². The second-order valence-corrected chi connectivity index (χ2v) is 5.60. The summed E-state index contributed by atoms with van der Waals surface area (Å²) in [4.78, 5) is 22.2. The predicted octanol–water partition coefficient (Wildman–Crippen LogP) is 1.44. The molecule has 6 nitrogen and oxygen atoms in total. The fraction of sp³-hybridized carbons (Fsp3) is 0.500. The number of ether oxygens (including phenoxy) is 1. The Kier molecular flexibility index (Phi) is 4.04. The number of aliphatic hydroxyl groups is 1. The molecular formula is C14H19N3O3. The Bertz CT molecular complexity index is 508. The van der Waals surface area contributed by atoms with Crippen molar-refractivity contribution >= 4 is 11.9 Å². The van der Waals surface area contributed by atoms with Crippen LogP contribution in [-0.4, -0.2) is 51.7 Å². The van der Waals surface area contributed by atoms with E-state index in [0.717, 1.165) is 0 Å². The van der Waals surface area contributed by atoms with E-state index >= 15 is 0 Å². The van der Waals surface area contributed by atoms with Crippen LogP contribution >= 0.6 is 0 Å². The zero-order valence-corrected chi connectivity index (χ0v) is 11.9. The molecule has 0 saturated carbocycles. The van der Waals surface area contributed by atoms with Crippen molar-refractivity contribution in [1.29, 1.82) is 0 Å². The smallest absolute Gasteiger partial charge is 0.416 e. The van der Waals surface area contributed by atoms with Gasteiger partial charge in [-0.3, -0.25) is 14.9 Å². The molecule has 108 valence electrons. The molecule has 1 aromatic heterocycles. The van der Waals surface area contributed by atoms with Crippen LogP contribution in [0.3, 0.4) is 0 Å². The molecule has 0 radical (unpaired) electrons. The summed E-state index contributed by atoms with van der Waals surface area (Å²) >= 11 is 0. The highest BCUT2D eigenvalue weighted by Crippen LogP contribution is 2.18. The van der Waals surface area contributed by atoms with E-state index in [1.807, 2.05) is 26.8 Å². The number of aliphatic hydroxyl groups excluding tert-OH is 1. The van der Waals surface area contributed by atoms with E-state index < -0.39 is 11.7 Å². The first-order chi connectivity index (χ1) is 9.40. The van der Waals surface area contributed by atoms with Crippen LogP contribution in [0.15, 0.2) is 29.4 Å². The normalized spacial score (nSPS) is 18.9. The van der Waals surface area contributed by atoms with Gasteiger partial charge in [-0.05, 0) is 32.9 Å². The van der Waals surface area contributed by atoms with Crippen LogP contribution in [-0.2, 0) is 4.74 Å². The van der Waals surface area contributed by atoms with Crippen molar-refractivity contribution in [3.63, 3.8) is 0 Å². The molecule has 20 heavy (non-hydrogen) atoms. The Labute approximate surface area is 118 Å². The molecule has 1 aliphatic heterocycles. The minimum atomic E-state index is -0.580. The van der Waals surface area contributed by atoms with Crippen molar-refractivity contribution in [3.8, 4) is 0 Å². The van der Waals surface area contributed by atoms with E-state index in [1.165, 1.54) is 4.90 Å². The Morgan fingerprint density at radius 2 is 2.25 bits per heavy atom. The van der Waals surface area contributed by atoms with Gasteiger partial charge in [-0.2, -0.15) is 0 Å². The van der Waals surface area contributed by atoms with E-state index in [0.29, 0.717) is 18.1 Å². The molecule has 0 aliphatic carbocycles. The summed E-state index contributed by atoms with van der Waals surface area (Å²) in [5, 5.41) is 9.26. The number of hydrogen-bond acceptors (Lipinski definition) is 5. The molecule has 1 aromatic rings. The topological polar surface area (TPSA) is 75.0 Å². The lowest BCUT2D eigenvalue weighted by molar-refractivity contribution is 0.0373. The van der Waals surface area contributed by atoms with Gasteiger partial charge in [0.15, 0.2) is 5.84 Å². The molecule has 1 N–H and O–H groups in total. The zero-order valence-electron chi connectivity index (χ0n) is 11.9. The van der Waals surface area contributed by atoms with Crippen molar-refractivity contribution in [2.24, 2.45) is 4.99 Å². The van der Waals surface area contributed by atoms with E-state index in [1.54, 1.807) is 18.3 Å². The molecule has 1 atom stereocenters. The predicted molar refractivity (Wildman–Crippen MR) is 74.6 cm³/mol. The minimum Gasteiger partial charge on any atom is -0.443 e. The van der Waals surface area contributed by atoms with Gasteiger partial charge >= 0.3 is 6.09 Å². The monoisotopic (exact) mass is 277 g/mol. The molecule has 1 aliphatic rings. The SMILES string of the molecule is CC(C)(C)OC(=O)N1C[C@@H](CO)N=C1c1ccccn1.